The molecular weight excluding hydrogens is 479 g/mol. The largest absolute Gasteiger partial charge is 0.314 e. The monoisotopic (exact) mass is 504 g/mol. The maximum atomic E-state index is 12.9. The molecule has 0 unspecified atom stereocenters. The molecule has 0 aliphatic heterocycles. The predicted molar refractivity (Wildman–Crippen MR) is 135 cm³/mol. The Bertz CT molecular complexity index is 1310. The van der Waals surface area contributed by atoms with Crippen molar-refractivity contribution in [2.24, 2.45) is 0 Å². The summed E-state index contributed by atoms with van der Waals surface area (Å²) >= 11 is 12.5. The SMILES string of the molecule is Cc1cc(C)c(S(=O)(=O)NCC(=O)N(C)c2ccc(Cl)cc2Cc2ccccc2Cl)cc1C. The second-order valence-electron chi connectivity index (χ2n) is 8.02. The normalized spacial score (nSPS) is 11.5. The van der Waals surface area contributed by atoms with Crippen molar-refractivity contribution in [2.45, 2.75) is 32.1 Å². The molecule has 0 fully saturated rings. The number of halogens is 2. The minimum Gasteiger partial charge on any atom is -0.314 e. The van der Waals surface area contributed by atoms with Crippen LogP contribution in [-0.4, -0.2) is 27.9 Å². The van der Waals surface area contributed by atoms with Crippen molar-refractivity contribution in [3.8, 4) is 0 Å². The number of nitrogens with one attached hydrogen (secondary N) is 1. The van der Waals surface area contributed by atoms with Gasteiger partial charge >= 0.3 is 0 Å². The number of nitrogens with zero attached hydrogens (tertiary/aromatic N) is 1. The van der Waals surface area contributed by atoms with Gasteiger partial charge in [-0.2, -0.15) is 0 Å². The Morgan fingerprint density at radius 3 is 2.27 bits per heavy atom. The molecule has 0 bridgehead atoms. The number of aryl methyl sites for hydroxylation is 3. The van der Waals surface area contributed by atoms with Crippen molar-refractivity contribution in [1.82, 2.24) is 4.72 Å². The van der Waals surface area contributed by atoms with E-state index in [2.05, 4.69) is 4.72 Å². The summed E-state index contributed by atoms with van der Waals surface area (Å²) in [5, 5.41) is 1.15. The lowest BCUT2D eigenvalue weighted by molar-refractivity contribution is -0.117. The van der Waals surface area contributed by atoms with E-state index in [1.165, 1.54) is 4.90 Å². The van der Waals surface area contributed by atoms with Crippen LogP contribution in [0, 0.1) is 20.8 Å². The quantitative estimate of drug-likeness (QED) is 0.465. The molecule has 3 aromatic carbocycles. The first-order chi connectivity index (χ1) is 15.5. The molecule has 0 aromatic heterocycles. The molecule has 1 N–H and O–H groups in total. The second kappa shape index (κ2) is 10.3. The summed E-state index contributed by atoms with van der Waals surface area (Å²) in [7, 11) is -2.24. The highest BCUT2D eigenvalue weighted by Crippen LogP contribution is 2.28. The molecule has 174 valence electrons. The zero-order valence-electron chi connectivity index (χ0n) is 18.9. The molecule has 8 heteroatoms. The molecule has 5 nitrogen and oxygen atoms in total. The first kappa shape index (κ1) is 25.2. The van der Waals surface area contributed by atoms with Gasteiger partial charge in [0.1, 0.15) is 0 Å². The Kier molecular flexibility index (Phi) is 7.85. The smallest absolute Gasteiger partial charge is 0.241 e. The summed E-state index contributed by atoms with van der Waals surface area (Å²) in [4.78, 5) is 14.5. The van der Waals surface area contributed by atoms with Crippen LogP contribution in [0.15, 0.2) is 59.5 Å². The van der Waals surface area contributed by atoms with E-state index < -0.39 is 15.9 Å². The van der Waals surface area contributed by atoms with E-state index in [0.29, 0.717) is 27.7 Å². The summed E-state index contributed by atoms with van der Waals surface area (Å²) in [6, 6.07) is 16.1. The van der Waals surface area contributed by atoms with E-state index in [1.807, 2.05) is 38.1 Å². The Morgan fingerprint density at radius 2 is 1.58 bits per heavy atom. The second-order valence-corrected chi connectivity index (χ2v) is 10.6. The average molecular weight is 505 g/mol. The number of carbonyl (C=O) groups is 1. The number of hydrogen-bond acceptors (Lipinski definition) is 3. The Hall–Kier alpha value is -2.38. The van der Waals surface area contributed by atoms with Gasteiger partial charge in [-0.15, -0.1) is 0 Å². The van der Waals surface area contributed by atoms with Gasteiger partial charge in [-0.05, 0) is 78.9 Å². The maximum absolute atomic E-state index is 12.9. The molecule has 0 atom stereocenters. The summed E-state index contributed by atoms with van der Waals surface area (Å²) in [5.41, 5.74) is 4.84. The van der Waals surface area contributed by atoms with E-state index in [9.17, 15) is 13.2 Å². The van der Waals surface area contributed by atoms with Crippen molar-refractivity contribution < 1.29 is 13.2 Å². The maximum Gasteiger partial charge on any atom is 0.241 e. The summed E-state index contributed by atoms with van der Waals surface area (Å²) in [5.74, 6) is -0.400. The number of anilines is 1. The fraction of sp³-hybridized carbons (Fsp3) is 0.240. The van der Waals surface area contributed by atoms with Crippen LogP contribution >= 0.6 is 23.2 Å². The number of rotatable bonds is 7. The number of carbonyl (C=O) groups excluding carboxylic acids is 1. The fourth-order valence-corrected chi connectivity index (χ4v) is 5.26. The van der Waals surface area contributed by atoms with Gasteiger partial charge in [0.25, 0.3) is 0 Å². The van der Waals surface area contributed by atoms with Crippen molar-refractivity contribution in [2.75, 3.05) is 18.5 Å². The van der Waals surface area contributed by atoms with Gasteiger partial charge in [-0.1, -0.05) is 47.5 Å². The van der Waals surface area contributed by atoms with Crippen molar-refractivity contribution in [3.05, 3.63) is 92.5 Å². The lowest BCUT2D eigenvalue weighted by Gasteiger charge is -2.22. The van der Waals surface area contributed by atoms with Gasteiger partial charge in [0.2, 0.25) is 15.9 Å². The molecule has 0 spiro atoms. The fourth-order valence-electron chi connectivity index (χ4n) is 3.58. The molecule has 3 rings (SSSR count). The lowest BCUT2D eigenvalue weighted by Crippen LogP contribution is -2.38. The number of sulfonamides is 1. The lowest BCUT2D eigenvalue weighted by atomic mass is 10.0. The highest BCUT2D eigenvalue weighted by Gasteiger charge is 2.22. The number of hydrogen-bond donors (Lipinski definition) is 1. The van der Waals surface area contributed by atoms with Crippen LogP contribution in [-0.2, 0) is 21.2 Å². The van der Waals surface area contributed by atoms with Crippen molar-refractivity contribution in [3.63, 3.8) is 0 Å². The van der Waals surface area contributed by atoms with Crippen LogP contribution < -0.4 is 9.62 Å². The molecule has 0 saturated heterocycles. The first-order valence-electron chi connectivity index (χ1n) is 10.4. The van der Waals surface area contributed by atoms with E-state index in [1.54, 1.807) is 44.3 Å². The van der Waals surface area contributed by atoms with Gasteiger partial charge in [0.05, 0.1) is 11.4 Å². The molecule has 0 radical (unpaired) electrons. The third-order valence-electron chi connectivity index (χ3n) is 5.61. The zero-order valence-corrected chi connectivity index (χ0v) is 21.3. The zero-order chi connectivity index (χ0) is 24.3. The van der Waals surface area contributed by atoms with E-state index in [4.69, 9.17) is 23.2 Å². The summed E-state index contributed by atoms with van der Waals surface area (Å²) < 4.78 is 28.1. The summed E-state index contributed by atoms with van der Waals surface area (Å²) in [6.07, 6.45) is 0.473. The van der Waals surface area contributed by atoms with Crippen LogP contribution in [0.1, 0.15) is 27.8 Å². The van der Waals surface area contributed by atoms with Crippen LogP contribution in [0.3, 0.4) is 0 Å². The predicted octanol–water partition coefficient (Wildman–Crippen LogP) is 5.45. The molecule has 33 heavy (non-hydrogen) atoms. The molecular formula is C25H26Cl2N2O3S. The first-order valence-corrected chi connectivity index (χ1v) is 12.6. The van der Waals surface area contributed by atoms with Gasteiger partial charge < -0.3 is 4.90 Å². The average Bonchev–Trinajstić information content (AvgIpc) is 2.76. The van der Waals surface area contributed by atoms with Crippen LogP contribution in [0.25, 0.3) is 0 Å². The van der Waals surface area contributed by atoms with E-state index in [-0.39, 0.29) is 11.4 Å². The van der Waals surface area contributed by atoms with Gasteiger partial charge in [-0.3, -0.25) is 4.79 Å². The Balaban J connectivity index is 1.80. The van der Waals surface area contributed by atoms with Gasteiger partial charge in [0, 0.05) is 29.2 Å². The highest BCUT2D eigenvalue weighted by molar-refractivity contribution is 7.89. The van der Waals surface area contributed by atoms with E-state index in [0.717, 1.165) is 22.3 Å². The van der Waals surface area contributed by atoms with Crippen LogP contribution in [0.5, 0.6) is 0 Å². The standard InChI is InChI=1S/C25H26Cl2N2O3S/c1-16-11-18(3)24(12-17(16)2)33(31,32)28-15-25(30)29(4)23-10-9-21(26)14-20(23)13-19-7-5-6-8-22(19)27/h5-12,14,28H,13,15H2,1-4H3. The molecule has 0 aliphatic rings. The highest BCUT2D eigenvalue weighted by atomic mass is 35.5. The topological polar surface area (TPSA) is 66.5 Å². The third kappa shape index (κ3) is 5.95. The molecule has 3 aromatic rings. The summed E-state index contributed by atoms with van der Waals surface area (Å²) in [6.45, 7) is 5.15. The van der Waals surface area contributed by atoms with Gasteiger partial charge in [0.15, 0.2) is 0 Å². The molecule has 0 aliphatic carbocycles. The number of likely N-dealkylation sites (N-methyl/N-ethyl adjacent to an activating group) is 1. The van der Waals surface area contributed by atoms with Gasteiger partial charge in [-0.25, -0.2) is 13.1 Å². The number of benzene rings is 3. The molecule has 1 amide bonds. The minimum absolute atomic E-state index is 0.173. The third-order valence-corrected chi connectivity index (χ3v) is 7.76. The van der Waals surface area contributed by atoms with Crippen molar-refractivity contribution in [1.29, 1.82) is 0 Å². The Labute approximate surface area is 205 Å². The van der Waals surface area contributed by atoms with Crippen molar-refractivity contribution >= 4 is 44.8 Å². The number of amides is 1. The molecule has 0 heterocycles. The minimum atomic E-state index is -3.85. The Morgan fingerprint density at radius 1 is 0.909 bits per heavy atom. The van der Waals surface area contributed by atoms with Crippen LogP contribution in [0.4, 0.5) is 5.69 Å². The molecule has 0 saturated carbocycles. The van der Waals surface area contributed by atoms with E-state index >= 15 is 0 Å². The van der Waals surface area contributed by atoms with Crippen LogP contribution in [0.2, 0.25) is 10.0 Å².